The van der Waals surface area contributed by atoms with Crippen molar-refractivity contribution in [3.8, 4) is 0 Å². The van der Waals surface area contributed by atoms with E-state index in [9.17, 15) is 19.5 Å². The Morgan fingerprint density at radius 3 is 2.38 bits per heavy atom. The van der Waals surface area contributed by atoms with Crippen molar-refractivity contribution in [2.75, 3.05) is 13.2 Å². The number of para-hydroxylation sites is 1. The lowest BCUT2D eigenvalue weighted by Crippen LogP contribution is -2.45. The van der Waals surface area contributed by atoms with Gasteiger partial charge in [-0.25, -0.2) is 0 Å². The van der Waals surface area contributed by atoms with Crippen LogP contribution < -0.4 is 10.6 Å². The molecule has 4 aromatic rings. The van der Waals surface area contributed by atoms with Gasteiger partial charge in [-0.1, -0.05) is 91.0 Å². The molecule has 0 radical (unpaired) electrons. The van der Waals surface area contributed by atoms with Crippen LogP contribution in [0.3, 0.4) is 0 Å². The number of amides is 2. The minimum atomic E-state index is -0.628. The van der Waals surface area contributed by atoms with E-state index >= 15 is 0 Å². The zero-order valence-electron chi connectivity index (χ0n) is 26.8. The van der Waals surface area contributed by atoms with Crippen molar-refractivity contribution in [2.24, 2.45) is 11.8 Å². The first-order valence-electron chi connectivity index (χ1n) is 16.6. The predicted molar refractivity (Wildman–Crippen MR) is 183 cm³/mol. The molecule has 5 rings (SSSR count). The van der Waals surface area contributed by atoms with Gasteiger partial charge in [0.25, 0.3) is 0 Å². The van der Waals surface area contributed by atoms with E-state index in [1.165, 1.54) is 0 Å². The largest absolute Gasteiger partial charge is 0.463 e. The summed E-state index contributed by atoms with van der Waals surface area (Å²) in [6.45, 7) is -0.186. The molecule has 1 aliphatic heterocycles. The van der Waals surface area contributed by atoms with Crippen LogP contribution in [0.5, 0.6) is 0 Å². The molecule has 4 N–H and O–H groups in total. The molecule has 2 amide bonds. The topological polar surface area (TPSA) is 121 Å². The van der Waals surface area contributed by atoms with E-state index in [-0.39, 0.29) is 43.3 Å². The molecule has 0 bridgehead atoms. The summed E-state index contributed by atoms with van der Waals surface area (Å²) in [6, 6.07) is 26.6. The third-order valence-electron chi connectivity index (χ3n) is 8.80. The first kappa shape index (κ1) is 33.7. The van der Waals surface area contributed by atoms with Crippen LogP contribution in [0, 0.1) is 11.8 Å². The molecule has 1 aromatic heterocycles. The summed E-state index contributed by atoms with van der Waals surface area (Å²) >= 11 is 0. The maximum Gasteiger partial charge on any atom is 0.309 e. The summed E-state index contributed by atoms with van der Waals surface area (Å²) in [5, 5.41) is 17.0. The Morgan fingerprint density at radius 1 is 0.894 bits per heavy atom. The maximum absolute atomic E-state index is 13.8. The molecule has 8 nitrogen and oxygen atoms in total. The zero-order valence-corrected chi connectivity index (χ0v) is 26.8. The van der Waals surface area contributed by atoms with E-state index in [1.807, 2.05) is 103 Å². The Kier molecular flexibility index (Phi) is 12.4. The highest BCUT2D eigenvalue weighted by Gasteiger charge is 2.27. The van der Waals surface area contributed by atoms with Gasteiger partial charge < -0.3 is 25.5 Å². The lowest BCUT2D eigenvalue weighted by atomic mass is 9.93. The summed E-state index contributed by atoms with van der Waals surface area (Å²) in [5.41, 5.74) is 4.09. The van der Waals surface area contributed by atoms with Crippen LogP contribution >= 0.6 is 0 Å². The molecule has 1 aliphatic rings. The standard InChI is InChI=1S/C39H45N3O5/c43-26-33(22-29-15-7-4-8-16-29)41-37(44)24-30-17-9-1-2-10-18-31(21-28-13-5-3-6-14-28)39(46)47-27-34(42-38(30)45)23-32-25-40-36-20-12-11-19-35(32)36/h1,3-9,11-16,19-20,25,30-31,33-34,40,43H,2,10,17-18,21-24,26-27H2,(H,41,44)(H,42,45)/t30-,31-,33+,34+/m1/s1. The fourth-order valence-corrected chi connectivity index (χ4v) is 6.25. The fourth-order valence-electron chi connectivity index (χ4n) is 6.25. The molecule has 0 spiro atoms. The number of hydrogen-bond donors (Lipinski definition) is 4. The Morgan fingerprint density at radius 2 is 1.62 bits per heavy atom. The number of carbonyl (C=O) groups excluding carboxylic acids is 3. The van der Waals surface area contributed by atoms with Crippen molar-refractivity contribution in [1.29, 1.82) is 0 Å². The van der Waals surface area contributed by atoms with Crippen molar-refractivity contribution in [2.45, 2.75) is 63.5 Å². The number of aromatic nitrogens is 1. The SMILES string of the molecule is O=C(C[C@H]1CC=CCCC[C@H](Cc2ccccc2)C(=O)OC[C@H](Cc2c[nH]c3ccccc23)NC1=O)N[C@H](CO)Cc1ccccc1. The molecule has 246 valence electrons. The maximum atomic E-state index is 13.8. The number of fused-ring (bicyclic) bond motifs is 1. The van der Waals surface area contributed by atoms with Crippen molar-refractivity contribution in [1.82, 2.24) is 15.6 Å². The van der Waals surface area contributed by atoms with Crippen LogP contribution in [0.25, 0.3) is 10.9 Å². The lowest BCUT2D eigenvalue weighted by Gasteiger charge is -2.24. The van der Waals surface area contributed by atoms with Gasteiger partial charge in [0, 0.05) is 23.5 Å². The molecular weight excluding hydrogens is 590 g/mol. The second-order valence-electron chi connectivity index (χ2n) is 12.5. The van der Waals surface area contributed by atoms with Crippen LogP contribution in [0.1, 0.15) is 48.8 Å². The van der Waals surface area contributed by atoms with E-state index in [4.69, 9.17) is 4.74 Å². The minimum Gasteiger partial charge on any atom is -0.463 e. The molecule has 0 saturated heterocycles. The van der Waals surface area contributed by atoms with Gasteiger partial charge in [0.05, 0.1) is 30.5 Å². The number of allylic oxidation sites excluding steroid dienone is 2. The van der Waals surface area contributed by atoms with Crippen LogP contribution in [0.15, 0.2) is 103 Å². The van der Waals surface area contributed by atoms with Gasteiger partial charge in [-0.15, -0.1) is 0 Å². The van der Waals surface area contributed by atoms with Crippen LogP contribution in [-0.2, 0) is 38.4 Å². The number of aliphatic hydroxyl groups excluding tert-OH is 1. The van der Waals surface area contributed by atoms with Gasteiger partial charge in [-0.05, 0) is 67.7 Å². The second-order valence-corrected chi connectivity index (χ2v) is 12.5. The molecule has 3 aromatic carbocycles. The third kappa shape index (κ3) is 10.1. The molecule has 0 unspecified atom stereocenters. The molecule has 4 atom stereocenters. The Bertz CT molecular complexity index is 1620. The highest BCUT2D eigenvalue weighted by molar-refractivity contribution is 5.87. The number of aromatic amines is 1. The van der Waals surface area contributed by atoms with Gasteiger partial charge >= 0.3 is 5.97 Å². The Hall–Kier alpha value is -4.69. The number of aliphatic hydroxyl groups is 1. The van der Waals surface area contributed by atoms with E-state index in [0.717, 1.165) is 40.4 Å². The number of rotatable bonds is 10. The third-order valence-corrected chi connectivity index (χ3v) is 8.80. The molecule has 0 fully saturated rings. The summed E-state index contributed by atoms with van der Waals surface area (Å²) in [7, 11) is 0. The first-order valence-corrected chi connectivity index (χ1v) is 16.6. The number of cyclic esters (lactones) is 1. The van der Waals surface area contributed by atoms with Crippen molar-refractivity contribution in [3.63, 3.8) is 0 Å². The highest BCUT2D eigenvalue weighted by Crippen LogP contribution is 2.22. The number of hydrogen-bond acceptors (Lipinski definition) is 5. The molecule has 0 saturated carbocycles. The Balaban J connectivity index is 1.32. The van der Waals surface area contributed by atoms with Crippen LogP contribution in [-0.4, -0.2) is 53.2 Å². The number of nitrogens with one attached hydrogen (secondary N) is 3. The Labute approximate surface area is 276 Å². The predicted octanol–water partition coefficient (Wildman–Crippen LogP) is 5.45. The number of esters is 1. The van der Waals surface area contributed by atoms with Gasteiger partial charge in [0.1, 0.15) is 6.61 Å². The lowest BCUT2D eigenvalue weighted by molar-refractivity contribution is -0.150. The van der Waals surface area contributed by atoms with E-state index in [0.29, 0.717) is 32.1 Å². The number of carbonyl (C=O) groups is 3. The van der Waals surface area contributed by atoms with Crippen LogP contribution in [0.4, 0.5) is 0 Å². The fraction of sp³-hybridized carbons (Fsp3) is 0.359. The average Bonchev–Trinajstić information content (AvgIpc) is 3.50. The number of ether oxygens (including phenoxy) is 1. The summed E-state index contributed by atoms with van der Waals surface area (Å²) in [6.07, 6.45) is 10.1. The molecule has 8 heteroatoms. The van der Waals surface area contributed by atoms with Crippen molar-refractivity contribution in [3.05, 3.63) is 120 Å². The number of benzene rings is 3. The monoisotopic (exact) mass is 635 g/mol. The molecular formula is C39H45N3O5. The smallest absolute Gasteiger partial charge is 0.309 e. The van der Waals surface area contributed by atoms with Gasteiger partial charge in [0.2, 0.25) is 11.8 Å². The quantitative estimate of drug-likeness (QED) is 0.136. The molecule has 47 heavy (non-hydrogen) atoms. The van der Waals surface area contributed by atoms with Crippen molar-refractivity contribution >= 4 is 28.7 Å². The van der Waals surface area contributed by atoms with Gasteiger partial charge in [-0.2, -0.15) is 0 Å². The van der Waals surface area contributed by atoms with Crippen LogP contribution in [0.2, 0.25) is 0 Å². The van der Waals surface area contributed by atoms with E-state index in [2.05, 4.69) is 15.6 Å². The highest BCUT2D eigenvalue weighted by atomic mass is 16.5. The summed E-state index contributed by atoms with van der Waals surface area (Å²) in [4.78, 5) is 43.8. The summed E-state index contributed by atoms with van der Waals surface area (Å²) < 4.78 is 5.94. The molecule has 0 aliphatic carbocycles. The molecule has 2 heterocycles. The minimum absolute atomic E-state index is 0.0216. The zero-order chi connectivity index (χ0) is 32.8. The van der Waals surface area contributed by atoms with Gasteiger partial charge in [0.15, 0.2) is 0 Å². The van der Waals surface area contributed by atoms with E-state index in [1.54, 1.807) is 0 Å². The van der Waals surface area contributed by atoms with E-state index < -0.39 is 18.0 Å². The van der Waals surface area contributed by atoms with Gasteiger partial charge in [-0.3, -0.25) is 14.4 Å². The number of H-pyrrole nitrogens is 1. The summed E-state index contributed by atoms with van der Waals surface area (Å²) in [5.74, 6) is -1.75. The van der Waals surface area contributed by atoms with Crippen molar-refractivity contribution < 1.29 is 24.2 Å². The first-order chi connectivity index (χ1) is 23.0. The second kappa shape index (κ2) is 17.3. The average molecular weight is 636 g/mol. The normalized spacial score (nSPS) is 20.1.